The highest BCUT2D eigenvalue weighted by molar-refractivity contribution is 5.44. The van der Waals surface area contributed by atoms with Gasteiger partial charge in [0.2, 0.25) is 6.79 Å². The van der Waals surface area contributed by atoms with E-state index >= 15 is 0 Å². The number of nitrogens with zero attached hydrogens (tertiary/aromatic N) is 1. The lowest BCUT2D eigenvalue weighted by Crippen LogP contribution is -2.29. The van der Waals surface area contributed by atoms with Gasteiger partial charge in [0.1, 0.15) is 0 Å². The van der Waals surface area contributed by atoms with E-state index in [1.807, 2.05) is 6.07 Å². The largest absolute Gasteiger partial charge is 0.454 e. The van der Waals surface area contributed by atoms with Crippen LogP contribution >= 0.6 is 0 Å². The molecule has 4 nitrogen and oxygen atoms in total. The van der Waals surface area contributed by atoms with Gasteiger partial charge in [0.05, 0.1) is 0 Å². The summed E-state index contributed by atoms with van der Waals surface area (Å²) in [6.07, 6.45) is 3.33. The summed E-state index contributed by atoms with van der Waals surface area (Å²) in [7, 11) is 0. The van der Waals surface area contributed by atoms with Crippen molar-refractivity contribution in [2.75, 3.05) is 26.4 Å². The Morgan fingerprint density at radius 2 is 2.11 bits per heavy atom. The summed E-state index contributed by atoms with van der Waals surface area (Å²) in [6, 6.07) is 6.17. The van der Waals surface area contributed by atoms with Crippen LogP contribution in [0, 0.1) is 0 Å². The van der Waals surface area contributed by atoms with Crippen LogP contribution in [0.5, 0.6) is 11.5 Å². The van der Waals surface area contributed by atoms with Gasteiger partial charge in [-0.25, -0.2) is 0 Å². The molecule has 96 valence electrons. The SMILES string of the molecule is NCC1=CCN(Cc2ccc3c(c2)OCO3)CC1. The average molecular weight is 246 g/mol. The Morgan fingerprint density at radius 1 is 1.22 bits per heavy atom. The first-order valence-electron chi connectivity index (χ1n) is 6.34. The Bertz CT molecular complexity index is 471. The lowest BCUT2D eigenvalue weighted by Gasteiger charge is -2.26. The predicted molar refractivity (Wildman–Crippen MR) is 69.6 cm³/mol. The van der Waals surface area contributed by atoms with Crippen molar-refractivity contribution in [2.24, 2.45) is 5.73 Å². The van der Waals surface area contributed by atoms with Gasteiger partial charge in [-0.15, -0.1) is 0 Å². The zero-order valence-corrected chi connectivity index (χ0v) is 10.4. The molecule has 1 aromatic carbocycles. The highest BCUT2D eigenvalue weighted by Crippen LogP contribution is 2.32. The molecule has 0 bridgehead atoms. The first-order valence-corrected chi connectivity index (χ1v) is 6.34. The highest BCUT2D eigenvalue weighted by atomic mass is 16.7. The summed E-state index contributed by atoms with van der Waals surface area (Å²) >= 11 is 0. The summed E-state index contributed by atoms with van der Waals surface area (Å²) < 4.78 is 10.7. The third-order valence-electron chi connectivity index (χ3n) is 3.49. The van der Waals surface area contributed by atoms with Crippen molar-refractivity contribution in [3.63, 3.8) is 0 Å². The number of hydrogen-bond donors (Lipinski definition) is 1. The topological polar surface area (TPSA) is 47.7 Å². The minimum Gasteiger partial charge on any atom is -0.454 e. The molecule has 1 aromatic rings. The van der Waals surface area contributed by atoms with Crippen LogP contribution in [0.4, 0.5) is 0 Å². The molecule has 2 heterocycles. The standard InChI is InChI=1S/C14H18N2O2/c15-8-11-3-5-16(6-4-11)9-12-1-2-13-14(7-12)18-10-17-13/h1-3,7H,4-6,8-10,15H2. The van der Waals surface area contributed by atoms with Gasteiger partial charge in [-0.3, -0.25) is 4.90 Å². The second-order valence-corrected chi connectivity index (χ2v) is 4.74. The summed E-state index contributed by atoms with van der Waals surface area (Å²) in [5, 5.41) is 0. The van der Waals surface area contributed by atoms with E-state index in [1.54, 1.807) is 0 Å². The van der Waals surface area contributed by atoms with Gasteiger partial charge in [0.15, 0.2) is 11.5 Å². The van der Waals surface area contributed by atoms with E-state index < -0.39 is 0 Å². The van der Waals surface area contributed by atoms with Crippen LogP contribution in [0.2, 0.25) is 0 Å². The maximum Gasteiger partial charge on any atom is 0.231 e. The van der Waals surface area contributed by atoms with Crippen LogP contribution in [0.15, 0.2) is 29.8 Å². The van der Waals surface area contributed by atoms with Gasteiger partial charge in [0, 0.05) is 26.2 Å². The van der Waals surface area contributed by atoms with Crippen molar-refractivity contribution in [1.82, 2.24) is 4.90 Å². The lowest BCUT2D eigenvalue weighted by molar-refractivity contribution is 0.174. The molecule has 0 atom stereocenters. The Labute approximate surface area is 107 Å². The minimum absolute atomic E-state index is 0.338. The molecule has 0 radical (unpaired) electrons. The zero-order chi connectivity index (χ0) is 12.4. The molecule has 4 heteroatoms. The van der Waals surface area contributed by atoms with Gasteiger partial charge < -0.3 is 15.2 Å². The average Bonchev–Trinajstić information content (AvgIpc) is 2.87. The molecule has 0 saturated heterocycles. The van der Waals surface area contributed by atoms with Gasteiger partial charge in [0.25, 0.3) is 0 Å². The number of benzene rings is 1. The molecule has 2 aliphatic rings. The summed E-state index contributed by atoms with van der Waals surface area (Å²) in [5.41, 5.74) is 8.29. The maximum atomic E-state index is 5.65. The second kappa shape index (κ2) is 5.00. The molecular weight excluding hydrogens is 228 g/mol. The monoisotopic (exact) mass is 246 g/mol. The van der Waals surface area contributed by atoms with E-state index in [1.165, 1.54) is 11.1 Å². The lowest BCUT2D eigenvalue weighted by atomic mass is 10.1. The predicted octanol–water partition coefficient (Wildman–Crippen LogP) is 1.51. The Morgan fingerprint density at radius 3 is 2.89 bits per heavy atom. The Kier molecular flexibility index (Phi) is 3.21. The van der Waals surface area contributed by atoms with Crippen LogP contribution in [-0.2, 0) is 6.54 Å². The van der Waals surface area contributed by atoms with E-state index in [2.05, 4.69) is 23.1 Å². The third-order valence-corrected chi connectivity index (χ3v) is 3.49. The molecule has 2 aliphatic heterocycles. The third kappa shape index (κ3) is 2.35. The highest BCUT2D eigenvalue weighted by Gasteiger charge is 2.15. The fourth-order valence-electron chi connectivity index (χ4n) is 2.38. The van der Waals surface area contributed by atoms with Crippen LogP contribution in [-0.4, -0.2) is 31.3 Å². The fraction of sp³-hybridized carbons (Fsp3) is 0.429. The molecule has 0 fully saturated rings. The first kappa shape index (κ1) is 11.6. The summed E-state index contributed by atoms with van der Waals surface area (Å²) in [6.45, 7) is 4.05. The quantitative estimate of drug-likeness (QED) is 0.821. The molecule has 18 heavy (non-hydrogen) atoms. The van der Waals surface area contributed by atoms with Gasteiger partial charge in [-0.1, -0.05) is 17.7 Å². The van der Waals surface area contributed by atoms with Crippen molar-refractivity contribution in [1.29, 1.82) is 0 Å². The van der Waals surface area contributed by atoms with E-state index in [0.717, 1.165) is 37.6 Å². The number of hydrogen-bond acceptors (Lipinski definition) is 4. The van der Waals surface area contributed by atoms with Crippen LogP contribution in [0.25, 0.3) is 0 Å². The Balaban J connectivity index is 1.65. The molecule has 2 N–H and O–H groups in total. The van der Waals surface area contributed by atoms with E-state index in [4.69, 9.17) is 15.2 Å². The molecule has 3 rings (SSSR count). The van der Waals surface area contributed by atoms with Gasteiger partial charge in [-0.2, -0.15) is 0 Å². The molecular formula is C14H18N2O2. The summed E-state index contributed by atoms with van der Waals surface area (Å²) in [5.74, 6) is 1.71. The van der Waals surface area contributed by atoms with E-state index in [-0.39, 0.29) is 0 Å². The first-order chi connectivity index (χ1) is 8.85. The summed E-state index contributed by atoms with van der Waals surface area (Å²) in [4.78, 5) is 2.41. The number of ether oxygens (including phenoxy) is 2. The van der Waals surface area contributed by atoms with Gasteiger partial charge in [-0.05, 0) is 24.1 Å². The number of rotatable bonds is 3. The smallest absolute Gasteiger partial charge is 0.231 e. The van der Waals surface area contributed by atoms with E-state index in [9.17, 15) is 0 Å². The van der Waals surface area contributed by atoms with Crippen molar-refractivity contribution in [3.8, 4) is 11.5 Å². The van der Waals surface area contributed by atoms with Gasteiger partial charge >= 0.3 is 0 Å². The molecule has 0 amide bonds. The maximum absolute atomic E-state index is 5.65. The van der Waals surface area contributed by atoms with E-state index in [0.29, 0.717) is 13.3 Å². The van der Waals surface area contributed by atoms with Crippen molar-refractivity contribution < 1.29 is 9.47 Å². The minimum atomic E-state index is 0.338. The molecule has 0 saturated carbocycles. The zero-order valence-electron chi connectivity index (χ0n) is 10.4. The second-order valence-electron chi connectivity index (χ2n) is 4.74. The van der Waals surface area contributed by atoms with Crippen LogP contribution in [0.1, 0.15) is 12.0 Å². The Hall–Kier alpha value is -1.52. The molecule has 0 spiro atoms. The normalized spacial score (nSPS) is 18.8. The van der Waals surface area contributed by atoms with Crippen molar-refractivity contribution in [2.45, 2.75) is 13.0 Å². The molecule has 0 unspecified atom stereocenters. The van der Waals surface area contributed by atoms with Crippen molar-refractivity contribution >= 4 is 0 Å². The van der Waals surface area contributed by atoms with Crippen LogP contribution in [0.3, 0.4) is 0 Å². The fourth-order valence-corrected chi connectivity index (χ4v) is 2.38. The van der Waals surface area contributed by atoms with Crippen LogP contribution < -0.4 is 15.2 Å². The number of fused-ring (bicyclic) bond motifs is 1. The molecule has 0 aliphatic carbocycles. The molecule has 0 aromatic heterocycles. The van der Waals surface area contributed by atoms with Crippen molar-refractivity contribution in [3.05, 3.63) is 35.4 Å². The number of nitrogens with two attached hydrogens (primary N) is 1.